The molecule has 0 unspecified atom stereocenters. The van der Waals surface area contributed by atoms with Crippen LogP contribution in [0.1, 0.15) is 105 Å². The molecule has 0 heterocycles. The standard InChI is InChI=1S/C20H44N/c1-5-9-13-14-15-16-20-21(17-10-6-2,18-11-7-3)19-12-8-4/h5-20H2,1-4H3/q+1. The van der Waals surface area contributed by atoms with Gasteiger partial charge in [0.2, 0.25) is 0 Å². The Morgan fingerprint density at radius 2 is 0.714 bits per heavy atom. The molecular weight excluding hydrogens is 254 g/mol. The zero-order chi connectivity index (χ0) is 15.8. The number of rotatable bonds is 16. The molecular formula is C20H44N+. The Morgan fingerprint density at radius 3 is 1.14 bits per heavy atom. The summed E-state index contributed by atoms with van der Waals surface area (Å²) in [6.45, 7) is 15.1. The first kappa shape index (κ1) is 21.0. The third-order valence-electron chi connectivity index (χ3n) is 4.94. The minimum Gasteiger partial charge on any atom is -0.324 e. The van der Waals surface area contributed by atoms with Crippen molar-refractivity contribution in [3.05, 3.63) is 0 Å². The molecule has 0 saturated carbocycles. The van der Waals surface area contributed by atoms with Gasteiger partial charge in [-0.05, 0) is 32.1 Å². The first-order valence-corrected chi connectivity index (χ1v) is 10.1. The highest BCUT2D eigenvalue weighted by atomic mass is 15.3. The molecule has 0 aliphatic rings. The van der Waals surface area contributed by atoms with Gasteiger partial charge < -0.3 is 4.48 Å². The van der Waals surface area contributed by atoms with Gasteiger partial charge in [0.05, 0.1) is 26.2 Å². The van der Waals surface area contributed by atoms with Gasteiger partial charge in [0.15, 0.2) is 0 Å². The molecule has 0 aromatic rings. The molecule has 0 radical (unpaired) electrons. The molecule has 0 aliphatic carbocycles. The van der Waals surface area contributed by atoms with E-state index in [1.54, 1.807) is 0 Å². The van der Waals surface area contributed by atoms with Gasteiger partial charge in [-0.15, -0.1) is 0 Å². The Morgan fingerprint density at radius 1 is 0.381 bits per heavy atom. The van der Waals surface area contributed by atoms with Crippen LogP contribution in [0.3, 0.4) is 0 Å². The molecule has 0 N–H and O–H groups in total. The van der Waals surface area contributed by atoms with Crippen molar-refractivity contribution in [1.82, 2.24) is 0 Å². The largest absolute Gasteiger partial charge is 0.324 e. The van der Waals surface area contributed by atoms with Crippen molar-refractivity contribution in [2.45, 2.75) is 105 Å². The lowest BCUT2D eigenvalue weighted by Gasteiger charge is -2.39. The van der Waals surface area contributed by atoms with Crippen LogP contribution in [0.25, 0.3) is 0 Å². The zero-order valence-electron chi connectivity index (χ0n) is 15.8. The second-order valence-electron chi connectivity index (χ2n) is 7.06. The molecule has 0 rings (SSSR count). The number of hydrogen-bond donors (Lipinski definition) is 0. The van der Waals surface area contributed by atoms with Crippen molar-refractivity contribution in [1.29, 1.82) is 0 Å². The van der Waals surface area contributed by atoms with E-state index in [1.807, 2.05) is 0 Å². The average molecular weight is 299 g/mol. The Balaban J connectivity index is 4.28. The lowest BCUT2D eigenvalue weighted by Crippen LogP contribution is -2.50. The van der Waals surface area contributed by atoms with Gasteiger partial charge in [0, 0.05) is 0 Å². The van der Waals surface area contributed by atoms with Crippen LogP contribution in [-0.4, -0.2) is 30.7 Å². The van der Waals surface area contributed by atoms with Crippen LogP contribution in [0, 0.1) is 0 Å². The van der Waals surface area contributed by atoms with Gasteiger partial charge in [-0.2, -0.15) is 0 Å². The third kappa shape index (κ3) is 11.2. The Kier molecular flexibility index (Phi) is 14.9. The summed E-state index contributed by atoms with van der Waals surface area (Å²) in [6, 6.07) is 0. The van der Waals surface area contributed by atoms with Crippen molar-refractivity contribution < 1.29 is 4.48 Å². The summed E-state index contributed by atoms with van der Waals surface area (Å²) in [5, 5.41) is 0. The van der Waals surface area contributed by atoms with Crippen LogP contribution in [0.5, 0.6) is 0 Å². The number of nitrogens with zero attached hydrogens (tertiary/aromatic N) is 1. The fourth-order valence-electron chi connectivity index (χ4n) is 3.38. The highest BCUT2D eigenvalue weighted by Crippen LogP contribution is 2.17. The Labute approximate surface area is 136 Å². The monoisotopic (exact) mass is 298 g/mol. The van der Waals surface area contributed by atoms with Gasteiger partial charge in [-0.25, -0.2) is 0 Å². The molecule has 0 aromatic heterocycles. The predicted octanol–water partition coefficient (Wildman–Crippen LogP) is 6.56. The van der Waals surface area contributed by atoms with Crippen LogP contribution in [0.4, 0.5) is 0 Å². The maximum atomic E-state index is 2.35. The van der Waals surface area contributed by atoms with Gasteiger partial charge in [-0.1, -0.05) is 72.6 Å². The van der Waals surface area contributed by atoms with E-state index in [-0.39, 0.29) is 0 Å². The zero-order valence-corrected chi connectivity index (χ0v) is 15.8. The summed E-state index contributed by atoms with van der Waals surface area (Å²) in [7, 11) is 0. The smallest absolute Gasteiger partial charge is 0.0786 e. The predicted molar refractivity (Wildman–Crippen MR) is 97.8 cm³/mol. The molecule has 0 saturated heterocycles. The highest BCUT2D eigenvalue weighted by Gasteiger charge is 2.24. The molecule has 0 fully saturated rings. The van der Waals surface area contributed by atoms with E-state index in [9.17, 15) is 0 Å². The van der Waals surface area contributed by atoms with Crippen LogP contribution in [0.2, 0.25) is 0 Å². The molecule has 0 amide bonds. The molecule has 0 bridgehead atoms. The fourth-order valence-corrected chi connectivity index (χ4v) is 3.38. The Bertz CT molecular complexity index is 178. The average Bonchev–Trinajstić information content (AvgIpc) is 2.51. The Hall–Kier alpha value is -0.0400. The highest BCUT2D eigenvalue weighted by molar-refractivity contribution is 4.51. The molecule has 0 aromatic carbocycles. The van der Waals surface area contributed by atoms with E-state index in [0.29, 0.717) is 0 Å². The van der Waals surface area contributed by atoms with Crippen LogP contribution in [-0.2, 0) is 0 Å². The number of quaternary nitrogens is 1. The molecule has 0 atom stereocenters. The lowest BCUT2D eigenvalue weighted by atomic mass is 10.1. The van der Waals surface area contributed by atoms with Crippen molar-refractivity contribution in [2.24, 2.45) is 0 Å². The van der Waals surface area contributed by atoms with Crippen LogP contribution in [0.15, 0.2) is 0 Å². The van der Waals surface area contributed by atoms with Crippen LogP contribution < -0.4 is 0 Å². The number of hydrogen-bond acceptors (Lipinski definition) is 0. The summed E-state index contributed by atoms with van der Waals surface area (Å²) in [4.78, 5) is 0. The van der Waals surface area contributed by atoms with E-state index in [1.165, 1.54) is 108 Å². The minimum atomic E-state index is 1.36. The molecule has 0 spiro atoms. The van der Waals surface area contributed by atoms with Gasteiger partial charge in [0.25, 0.3) is 0 Å². The van der Waals surface area contributed by atoms with Crippen molar-refractivity contribution in [3.8, 4) is 0 Å². The fraction of sp³-hybridized carbons (Fsp3) is 1.00. The first-order valence-electron chi connectivity index (χ1n) is 10.1. The third-order valence-corrected chi connectivity index (χ3v) is 4.94. The maximum absolute atomic E-state index is 2.35. The summed E-state index contributed by atoms with van der Waals surface area (Å²) < 4.78 is 1.43. The number of unbranched alkanes of at least 4 members (excludes halogenated alkanes) is 8. The molecule has 128 valence electrons. The van der Waals surface area contributed by atoms with E-state index < -0.39 is 0 Å². The van der Waals surface area contributed by atoms with Gasteiger partial charge >= 0.3 is 0 Å². The van der Waals surface area contributed by atoms with Gasteiger partial charge in [-0.3, -0.25) is 0 Å². The molecule has 0 aliphatic heterocycles. The van der Waals surface area contributed by atoms with E-state index in [0.717, 1.165) is 0 Å². The van der Waals surface area contributed by atoms with Crippen molar-refractivity contribution in [3.63, 3.8) is 0 Å². The normalized spacial score (nSPS) is 12.0. The van der Waals surface area contributed by atoms with Gasteiger partial charge in [0.1, 0.15) is 0 Å². The molecule has 1 heteroatoms. The van der Waals surface area contributed by atoms with Crippen LogP contribution >= 0.6 is 0 Å². The van der Waals surface area contributed by atoms with E-state index in [4.69, 9.17) is 0 Å². The topological polar surface area (TPSA) is 0 Å². The summed E-state index contributed by atoms with van der Waals surface area (Å²) in [5.41, 5.74) is 0. The van der Waals surface area contributed by atoms with Crippen molar-refractivity contribution in [2.75, 3.05) is 26.2 Å². The first-order chi connectivity index (χ1) is 10.2. The maximum Gasteiger partial charge on any atom is 0.0786 e. The van der Waals surface area contributed by atoms with E-state index in [2.05, 4.69) is 27.7 Å². The second-order valence-corrected chi connectivity index (χ2v) is 7.06. The summed E-state index contributed by atoms with van der Waals surface area (Å²) in [5.74, 6) is 0. The van der Waals surface area contributed by atoms with Crippen molar-refractivity contribution >= 4 is 0 Å². The quantitative estimate of drug-likeness (QED) is 0.223. The SMILES string of the molecule is CCCCCCCC[N+](CCCC)(CCCC)CCCC. The lowest BCUT2D eigenvalue weighted by molar-refractivity contribution is -0.929. The molecule has 1 nitrogen and oxygen atoms in total. The molecule has 21 heavy (non-hydrogen) atoms. The summed E-state index contributed by atoms with van der Waals surface area (Å²) in [6.07, 6.45) is 17.0. The van der Waals surface area contributed by atoms with E-state index >= 15 is 0 Å². The summed E-state index contributed by atoms with van der Waals surface area (Å²) >= 11 is 0. The second kappa shape index (κ2) is 14.9. The minimum absolute atomic E-state index is 1.36.